The zero-order chi connectivity index (χ0) is 23.7. The van der Waals surface area contributed by atoms with E-state index in [9.17, 15) is 9.59 Å². The zero-order valence-corrected chi connectivity index (χ0v) is 19.9. The molecule has 0 radical (unpaired) electrons. The predicted molar refractivity (Wildman–Crippen MR) is 136 cm³/mol. The Kier molecular flexibility index (Phi) is 6.19. The lowest BCUT2D eigenvalue weighted by molar-refractivity contribution is -0.127. The number of hydrogen-bond donors (Lipinski definition) is 0. The van der Waals surface area contributed by atoms with Crippen LogP contribution in [0.3, 0.4) is 0 Å². The van der Waals surface area contributed by atoms with Gasteiger partial charge in [-0.25, -0.2) is 0 Å². The molecule has 0 unspecified atom stereocenters. The van der Waals surface area contributed by atoms with Gasteiger partial charge in [-0.2, -0.15) is 0 Å². The van der Waals surface area contributed by atoms with Crippen molar-refractivity contribution in [2.45, 2.75) is 40.7 Å². The maximum Gasteiger partial charge on any atom is 0.254 e. The molecule has 1 aliphatic rings. The lowest BCUT2D eigenvalue weighted by Crippen LogP contribution is -2.61. The minimum atomic E-state index is -0.713. The summed E-state index contributed by atoms with van der Waals surface area (Å²) in [4.78, 5) is 30.8. The third kappa shape index (κ3) is 4.47. The van der Waals surface area contributed by atoms with Crippen LogP contribution in [0.25, 0.3) is 6.08 Å². The van der Waals surface area contributed by atoms with Gasteiger partial charge in [0.2, 0.25) is 5.91 Å². The first kappa shape index (κ1) is 22.5. The standard InChI is InChI=1S/C29H30N2O2/c1-19-11-13-25(16-21(19)3)30-18-27(32)31(26-14-12-20(2)22(4)17-26)28(29(30)33)23(5)15-24-9-7-6-8-10-24/h6-17,28H,18H2,1-5H3/b23-15-/t28-/m0/s1. The van der Waals surface area contributed by atoms with Crippen molar-refractivity contribution in [1.29, 1.82) is 0 Å². The van der Waals surface area contributed by atoms with Crippen LogP contribution < -0.4 is 9.80 Å². The first-order valence-electron chi connectivity index (χ1n) is 11.3. The second-order valence-electron chi connectivity index (χ2n) is 8.93. The van der Waals surface area contributed by atoms with E-state index in [4.69, 9.17) is 0 Å². The summed E-state index contributed by atoms with van der Waals surface area (Å²) in [5.74, 6) is -0.192. The van der Waals surface area contributed by atoms with Crippen LogP contribution in [0, 0.1) is 27.7 Å². The Morgan fingerprint density at radius 3 is 1.97 bits per heavy atom. The summed E-state index contributed by atoms with van der Waals surface area (Å²) in [7, 11) is 0. The molecule has 33 heavy (non-hydrogen) atoms. The summed E-state index contributed by atoms with van der Waals surface area (Å²) in [6, 6.07) is 21.0. The molecule has 4 rings (SSSR count). The highest BCUT2D eigenvalue weighted by Gasteiger charge is 2.41. The lowest BCUT2D eigenvalue weighted by atomic mass is 9.97. The Labute approximate surface area is 196 Å². The number of hydrogen-bond acceptors (Lipinski definition) is 2. The first-order valence-corrected chi connectivity index (χ1v) is 11.3. The van der Waals surface area contributed by atoms with Crippen LogP contribution in [0.5, 0.6) is 0 Å². The number of benzene rings is 3. The molecule has 168 valence electrons. The van der Waals surface area contributed by atoms with Crippen molar-refractivity contribution in [3.05, 3.63) is 100 Å². The largest absolute Gasteiger partial charge is 0.301 e. The summed E-state index contributed by atoms with van der Waals surface area (Å²) in [5.41, 5.74) is 7.83. The van der Waals surface area contributed by atoms with E-state index in [1.54, 1.807) is 9.80 Å². The maximum absolute atomic E-state index is 13.9. The second kappa shape index (κ2) is 9.07. The van der Waals surface area contributed by atoms with Crippen LogP contribution in [0.4, 0.5) is 11.4 Å². The minimum Gasteiger partial charge on any atom is -0.301 e. The molecule has 0 aromatic heterocycles. The number of aryl methyl sites for hydroxylation is 4. The number of piperazine rings is 1. The highest BCUT2D eigenvalue weighted by molar-refractivity contribution is 6.16. The maximum atomic E-state index is 13.9. The average Bonchev–Trinajstić information content (AvgIpc) is 2.79. The summed E-state index contributed by atoms with van der Waals surface area (Å²) in [6.07, 6.45) is 1.99. The Morgan fingerprint density at radius 2 is 1.36 bits per heavy atom. The van der Waals surface area contributed by atoms with Gasteiger partial charge >= 0.3 is 0 Å². The van der Waals surface area contributed by atoms with E-state index in [1.807, 2.05) is 107 Å². The molecule has 0 spiro atoms. The van der Waals surface area contributed by atoms with Gasteiger partial charge in [0.1, 0.15) is 12.6 Å². The molecule has 1 saturated heterocycles. The molecule has 0 N–H and O–H groups in total. The van der Waals surface area contributed by atoms with Gasteiger partial charge in [0.05, 0.1) is 0 Å². The monoisotopic (exact) mass is 438 g/mol. The topological polar surface area (TPSA) is 40.6 Å². The van der Waals surface area contributed by atoms with Gasteiger partial charge in [-0.1, -0.05) is 48.5 Å². The number of carbonyl (C=O) groups is 2. The fourth-order valence-electron chi connectivity index (χ4n) is 4.26. The SMILES string of the molecule is C/C(=C/c1ccccc1)[C@H]1C(=O)N(c2ccc(C)c(C)c2)CC(=O)N1c1ccc(C)c(C)c1. The quantitative estimate of drug-likeness (QED) is 0.519. The molecule has 4 heteroatoms. The van der Waals surface area contributed by atoms with Gasteiger partial charge in [-0.15, -0.1) is 0 Å². The van der Waals surface area contributed by atoms with Gasteiger partial charge in [0.25, 0.3) is 5.91 Å². The normalized spacial score (nSPS) is 17.0. The van der Waals surface area contributed by atoms with Crippen LogP contribution in [-0.2, 0) is 9.59 Å². The predicted octanol–water partition coefficient (Wildman–Crippen LogP) is 5.77. The zero-order valence-electron chi connectivity index (χ0n) is 19.9. The fourth-order valence-corrected chi connectivity index (χ4v) is 4.26. The molecule has 4 nitrogen and oxygen atoms in total. The number of rotatable bonds is 4. The van der Waals surface area contributed by atoms with E-state index < -0.39 is 6.04 Å². The minimum absolute atomic E-state index is 0.0172. The van der Waals surface area contributed by atoms with E-state index in [0.29, 0.717) is 0 Å². The van der Waals surface area contributed by atoms with Crippen LogP contribution in [0.15, 0.2) is 72.3 Å². The summed E-state index contributed by atoms with van der Waals surface area (Å²) in [6.45, 7) is 10.1. The molecule has 1 heterocycles. The second-order valence-corrected chi connectivity index (χ2v) is 8.93. The van der Waals surface area contributed by atoms with E-state index >= 15 is 0 Å². The van der Waals surface area contributed by atoms with Gasteiger partial charge in [-0.05, 0) is 92.3 Å². The molecule has 0 bridgehead atoms. The molecule has 3 aromatic carbocycles. The Balaban J connectivity index is 1.82. The Hall–Kier alpha value is -3.66. The van der Waals surface area contributed by atoms with E-state index in [0.717, 1.165) is 44.8 Å². The van der Waals surface area contributed by atoms with E-state index in [-0.39, 0.29) is 18.4 Å². The Bertz CT molecular complexity index is 1240. The van der Waals surface area contributed by atoms with Crippen LogP contribution >= 0.6 is 0 Å². The van der Waals surface area contributed by atoms with Crippen molar-refractivity contribution < 1.29 is 9.59 Å². The van der Waals surface area contributed by atoms with E-state index in [1.165, 1.54) is 0 Å². The highest BCUT2D eigenvalue weighted by Crippen LogP contribution is 2.31. The third-order valence-electron chi connectivity index (χ3n) is 6.52. The smallest absolute Gasteiger partial charge is 0.254 e. The number of nitrogens with zero attached hydrogens (tertiary/aromatic N) is 2. The fraction of sp³-hybridized carbons (Fsp3) is 0.241. The van der Waals surface area contributed by atoms with Gasteiger partial charge < -0.3 is 4.90 Å². The van der Waals surface area contributed by atoms with Gasteiger partial charge in [-0.3, -0.25) is 14.5 Å². The lowest BCUT2D eigenvalue weighted by Gasteiger charge is -2.41. The molecular formula is C29H30N2O2. The first-order chi connectivity index (χ1) is 15.8. The highest BCUT2D eigenvalue weighted by atomic mass is 16.2. The van der Waals surface area contributed by atoms with Crippen molar-refractivity contribution in [3.63, 3.8) is 0 Å². The van der Waals surface area contributed by atoms with Crippen molar-refractivity contribution in [1.82, 2.24) is 0 Å². The van der Waals surface area contributed by atoms with Crippen molar-refractivity contribution in [2.75, 3.05) is 16.3 Å². The van der Waals surface area contributed by atoms with E-state index in [2.05, 4.69) is 0 Å². The number of amides is 2. The van der Waals surface area contributed by atoms with Crippen molar-refractivity contribution >= 4 is 29.3 Å². The third-order valence-corrected chi connectivity index (χ3v) is 6.52. The molecule has 1 aliphatic heterocycles. The Morgan fingerprint density at radius 1 is 0.788 bits per heavy atom. The molecule has 3 aromatic rings. The van der Waals surface area contributed by atoms with Crippen LogP contribution in [0.2, 0.25) is 0 Å². The number of anilines is 2. The molecule has 2 amide bonds. The molecule has 0 aliphatic carbocycles. The number of carbonyl (C=O) groups excluding carboxylic acids is 2. The van der Waals surface area contributed by atoms with Gasteiger partial charge in [0.15, 0.2) is 0 Å². The molecule has 0 saturated carbocycles. The van der Waals surface area contributed by atoms with Crippen LogP contribution in [-0.4, -0.2) is 24.4 Å². The van der Waals surface area contributed by atoms with Crippen LogP contribution in [0.1, 0.15) is 34.7 Å². The summed E-state index contributed by atoms with van der Waals surface area (Å²) < 4.78 is 0. The molecular weight excluding hydrogens is 408 g/mol. The van der Waals surface area contributed by atoms with Gasteiger partial charge in [0, 0.05) is 11.4 Å². The molecule has 1 fully saturated rings. The summed E-state index contributed by atoms with van der Waals surface area (Å²) in [5, 5.41) is 0. The molecule has 1 atom stereocenters. The van der Waals surface area contributed by atoms with Crippen molar-refractivity contribution in [3.8, 4) is 0 Å². The average molecular weight is 439 g/mol. The summed E-state index contributed by atoms with van der Waals surface area (Å²) >= 11 is 0. The van der Waals surface area contributed by atoms with Crippen molar-refractivity contribution in [2.24, 2.45) is 0 Å².